The summed E-state index contributed by atoms with van der Waals surface area (Å²) >= 11 is -0.784. The van der Waals surface area contributed by atoms with Gasteiger partial charge in [0.15, 0.2) is 0 Å². The van der Waals surface area contributed by atoms with Crippen LogP contribution in [0.5, 0.6) is 23.0 Å². The van der Waals surface area contributed by atoms with Gasteiger partial charge >= 0.3 is 155 Å². The maximum atomic E-state index is 12.7. The van der Waals surface area contributed by atoms with Gasteiger partial charge in [0.25, 0.3) is 0 Å². The van der Waals surface area contributed by atoms with E-state index in [1.165, 1.54) is 0 Å². The Labute approximate surface area is 155 Å². The van der Waals surface area contributed by atoms with E-state index in [-0.39, 0.29) is 5.43 Å². The van der Waals surface area contributed by atoms with Crippen molar-refractivity contribution in [2.24, 2.45) is 0 Å². The van der Waals surface area contributed by atoms with Gasteiger partial charge < -0.3 is 0 Å². The summed E-state index contributed by atoms with van der Waals surface area (Å²) in [6.07, 6.45) is 0. The molecule has 0 fully saturated rings. The molecule has 2 aromatic carbocycles. The van der Waals surface area contributed by atoms with Crippen LogP contribution in [0.3, 0.4) is 0 Å². The fourth-order valence-corrected chi connectivity index (χ4v) is 5.85. The summed E-state index contributed by atoms with van der Waals surface area (Å²) in [6.45, 7) is 0. The molecule has 3 rings (SSSR count). The Bertz CT molecular complexity index is 977. The molecule has 0 unspecified atom stereocenters. The van der Waals surface area contributed by atoms with Gasteiger partial charge in [-0.2, -0.15) is 0 Å². The molecule has 0 saturated carbocycles. The van der Waals surface area contributed by atoms with Gasteiger partial charge in [-0.05, 0) is 0 Å². The zero-order valence-electron chi connectivity index (χ0n) is 14.4. The van der Waals surface area contributed by atoms with Crippen LogP contribution < -0.4 is 24.4 Å². The number of fused-ring (bicyclic) bond motifs is 1. The van der Waals surface area contributed by atoms with Crippen molar-refractivity contribution in [2.75, 3.05) is 28.4 Å². The molecule has 0 N–H and O–H groups in total. The van der Waals surface area contributed by atoms with Crippen molar-refractivity contribution in [3.05, 3.63) is 46.6 Å². The van der Waals surface area contributed by atoms with E-state index < -0.39 is 20.4 Å². The SMILES string of the molecule is COc1cc(OC)c2c(=O)cc(-c3ccc(OC)c(OC)c3)[te]c2c1. The van der Waals surface area contributed by atoms with Gasteiger partial charge in [-0.1, -0.05) is 0 Å². The average molecular weight is 454 g/mol. The van der Waals surface area contributed by atoms with Gasteiger partial charge in [-0.3, -0.25) is 0 Å². The van der Waals surface area contributed by atoms with Crippen molar-refractivity contribution >= 4 is 29.2 Å². The molecule has 1 heterocycles. The zero-order chi connectivity index (χ0) is 18.0. The van der Waals surface area contributed by atoms with Crippen molar-refractivity contribution in [2.45, 2.75) is 0 Å². The molecule has 0 aliphatic heterocycles. The quantitative estimate of drug-likeness (QED) is 0.556. The summed E-state index contributed by atoms with van der Waals surface area (Å²) in [5, 5.41) is 0.648. The topological polar surface area (TPSA) is 54.0 Å². The van der Waals surface area contributed by atoms with E-state index in [0.717, 1.165) is 12.5 Å². The van der Waals surface area contributed by atoms with Crippen molar-refractivity contribution < 1.29 is 18.9 Å². The number of hydrogen-bond donors (Lipinski definition) is 0. The molecule has 3 aromatic rings. The van der Waals surface area contributed by atoms with Crippen LogP contribution >= 0.6 is 0 Å². The number of ether oxygens (including phenoxy) is 4. The minimum absolute atomic E-state index is 0.0457. The van der Waals surface area contributed by atoms with E-state index in [4.69, 9.17) is 18.9 Å². The molecule has 6 heteroatoms. The van der Waals surface area contributed by atoms with Gasteiger partial charge in [-0.25, -0.2) is 0 Å². The van der Waals surface area contributed by atoms with Crippen LogP contribution in [-0.2, 0) is 0 Å². The molecule has 0 aliphatic rings. The first kappa shape index (κ1) is 17.7. The second-order valence-electron chi connectivity index (χ2n) is 5.25. The Kier molecular flexibility index (Phi) is 5.21. The van der Waals surface area contributed by atoms with Crippen molar-refractivity contribution in [3.63, 3.8) is 0 Å². The molecular weight excluding hydrogens is 436 g/mol. The summed E-state index contributed by atoms with van der Waals surface area (Å²) in [7, 11) is 6.38. The fraction of sp³-hybridized carbons (Fsp3) is 0.211. The van der Waals surface area contributed by atoms with Crippen molar-refractivity contribution in [3.8, 4) is 32.1 Å². The van der Waals surface area contributed by atoms with Gasteiger partial charge in [0.1, 0.15) is 0 Å². The Balaban J connectivity index is 2.23. The summed E-state index contributed by atoms with van der Waals surface area (Å²) in [5.74, 6) is 2.57. The molecule has 0 saturated heterocycles. The summed E-state index contributed by atoms with van der Waals surface area (Å²) in [5.41, 5.74) is 0.927. The van der Waals surface area contributed by atoms with Crippen molar-refractivity contribution in [1.82, 2.24) is 0 Å². The first-order valence-corrected chi connectivity index (χ1v) is 9.86. The number of benzene rings is 2. The molecular formula is C19H18O5Te. The predicted molar refractivity (Wildman–Crippen MR) is 98.8 cm³/mol. The summed E-state index contributed by atoms with van der Waals surface area (Å²) in [4.78, 5) is 12.7. The van der Waals surface area contributed by atoms with E-state index >= 15 is 0 Å². The molecule has 1 aromatic heterocycles. The van der Waals surface area contributed by atoms with Gasteiger partial charge in [-0.15, -0.1) is 0 Å². The Morgan fingerprint density at radius 3 is 2.12 bits per heavy atom. The van der Waals surface area contributed by atoms with Crippen LogP contribution in [0.15, 0.2) is 41.2 Å². The Morgan fingerprint density at radius 1 is 0.760 bits per heavy atom. The third kappa shape index (κ3) is 3.33. The van der Waals surface area contributed by atoms with E-state index in [1.54, 1.807) is 40.6 Å². The van der Waals surface area contributed by atoms with Gasteiger partial charge in [0, 0.05) is 0 Å². The molecule has 0 bridgehead atoms. The Morgan fingerprint density at radius 2 is 1.48 bits per heavy atom. The minimum atomic E-state index is -0.784. The van der Waals surface area contributed by atoms with Gasteiger partial charge in [0.05, 0.1) is 0 Å². The first-order chi connectivity index (χ1) is 12.1. The van der Waals surface area contributed by atoms with Crippen LogP contribution in [0.2, 0.25) is 0 Å². The molecule has 25 heavy (non-hydrogen) atoms. The van der Waals surface area contributed by atoms with Crippen molar-refractivity contribution in [1.29, 1.82) is 0 Å². The fourth-order valence-electron chi connectivity index (χ4n) is 2.64. The van der Waals surface area contributed by atoms with Crippen LogP contribution in [0.1, 0.15) is 0 Å². The maximum absolute atomic E-state index is 12.7. The monoisotopic (exact) mass is 456 g/mol. The second kappa shape index (κ2) is 7.38. The molecule has 0 spiro atoms. The van der Waals surface area contributed by atoms with Crippen LogP contribution in [0.4, 0.5) is 0 Å². The molecule has 0 radical (unpaired) electrons. The van der Waals surface area contributed by atoms with Gasteiger partial charge in [0.2, 0.25) is 0 Å². The summed E-state index contributed by atoms with van der Waals surface area (Å²) < 4.78 is 23.4. The normalized spacial score (nSPS) is 10.6. The molecule has 130 valence electrons. The Hall–Kier alpha value is -2.16. The average Bonchev–Trinajstić information content (AvgIpc) is 2.65. The number of methoxy groups -OCH3 is 4. The van der Waals surface area contributed by atoms with E-state index in [1.807, 2.05) is 24.3 Å². The zero-order valence-corrected chi connectivity index (χ0v) is 16.7. The molecule has 0 amide bonds. The predicted octanol–water partition coefficient (Wildman–Crippen LogP) is 2.96. The molecule has 0 aliphatic carbocycles. The van der Waals surface area contributed by atoms with Crippen LogP contribution in [-0.4, -0.2) is 48.9 Å². The van der Waals surface area contributed by atoms with E-state index in [2.05, 4.69) is 0 Å². The molecule has 0 atom stereocenters. The first-order valence-electron chi connectivity index (χ1n) is 7.53. The standard InChI is InChI=1S/C19H18O5Te/c1-21-12-8-16(24-4)19-13(20)10-17(25-18(19)9-12)11-5-6-14(22-2)15(7-11)23-3/h5-10H,1-4H3. The molecule has 5 nitrogen and oxygen atoms in total. The van der Waals surface area contributed by atoms with E-state index in [9.17, 15) is 4.79 Å². The van der Waals surface area contributed by atoms with E-state index in [0.29, 0.717) is 28.4 Å². The van der Waals surface area contributed by atoms with Crippen LogP contribution in [0.25, 0.3) is 17.9 Å². The second-order valence-corrected chi connectivity index (χ2v) is 8.34. The number of rotatable bonds is 5. The van der Waals surface area contributed by atoms with Crippen LogP contribution in [0, 0.1) is 0 Å². The number of hydrogen-bond acceptors (Lipinski definition) is 5. The summed E-state index contributed by atoms with van der Waals surface area (Å²) in [6, 6.07) is 11.1. The third-order valence-electron chi connectivity index (χ3n) is 3.89. The third-order valence-corrected chi connectivity index (χ3v) is 7.08.